The molecule has 5 heteroatoms. The summed E-state index contributed by atoms with van der Waals surface area (Å²) in [5.74, 6) is 0.316. The number of likely N-dealkylation sites (tertiary alicyclic amines) is 2. The number of thiazole rings is 1. The van der Waals surface area contributed by atoms with Crippen molar-refractivity contribution < 1.29 is 4.79 Å². The van der Waals surface area contributed by atoms with Crippen LogP contribution in [0.15, 0.2) is 41.8 Å². The van der Waals surface area contributed by atoms with E-state index in [0.29, 0.717) is 5.91 Å². The van der Waals surface area contributed by atoms with Gasteiger partial charge in [0.2, 0.25) is 5.91 Å². The number of nitrogens with zero attached hydrogens (tertiary/aromatic N) is 3. The van der Waals surface area contributed by atoms with E-state index in [1.807, 2.05) is 23.1 Å². The third-order valence-electron chi connectivity index (χ3n) is 5.81. The van der Waals surface area contributed by atoms with E-state index in [-0.39, 0.29) is 5.41 Å². The number of hydrogen-bond donors (Lipinski definition) is 0. The largest absolute Gasteiger partial charge is 0.338 e. The van der Waals surface area contributed by atoms with E-state index in [2.05, 4.69) is 46.5 Å². The Balaban J connectivity index is 1.29. The summed E-state index contributed by atoms with van der Waals surface area (Å²) in [6, 6.07) is 10.3. The molecule has 2 aromatic rings. The molecule has 1 spiro atoms. The standard InChI is InChI=1S/C22H27N3OS/c1-18-23-20(16-27-18)15-24-12-9-22(10-13-24)14-21(26)25(17-22)11-5-8-19-6-3-2-4-7-19/h2-8,16H,9-15,17H2,1H3. The zero-order valence-electron chi connectivity index (χ0n) is 15.9. The lowest BCUT2D eigenvalue weighted by Crippen LogP contribution is -2.41. The molecule has 0 N–H and O–H groups in total. The maximum absolute atomic E-state index is 12.5. The number of benzene rings is 1. The van der Waals surface area contributed by atoms with Crippen LogP contribution in [0.4, 0.5) is 0 Å². The van der Waals surface area contributed by atoms with Gasteiger partial charge in [-0.15, -0.1) is 11.3 Å². The summed E-state index contributed by atoms with van der Waals surface area (Å²) in [7, 11) is 0. The molecule has 4 nitrogen and oxygen atoms in total. The van der Waals surface area contributed by atoms with Crippen molar-refractivity contribution in [1.82, 2.24) is 14.8 Å². The van der Waals surface area contributed by atoms with Crippen LogP contribution in [0.25, 0.3) is 6.08 Å². The lowest BCUT2D eigenvalue weighted by Gasteiger charge is -2.38. The molecule has 0 unspecified atom stereocenters. The van der Waals surface area contributed by atoms with Crippen molar-refractivity contribution in [2.45, 2.75) is 32.7 Å². The van der Waals surface area contributed by atoms with Gasteiger partial charge in [-0.25, -0.2) is 4.98 Å². The third kappa shape index (κ3) is 4.47. The number of piperidine rings is 1. The monoisotopic (exact) mass is 381 g/mol. The highest BCUT2D eigenvalue weighted by atomic mass is 32.1. The first-order valence-electron chi connectivity index (χ1n) is 9.75. The fourth-order valence-corrected chi connectivity index (χ4v) is 4.86. The van der Waals surface area contributed by atoms with E-state index in [9.17, 15) is 4.79 Å². The van der Waals surface area contributed by atoms with Gasteiger partial charge in [-0.3, -0.25) is 9.69 Å². The molecule has 1 amide bonds. The van der Waals surface area contributed by atoms with Crippen molar-refractivity contribution in [3.63, 3.8) is 0 Å². The molecule has 2 aliphatic rings. The smallest absolute Gasteiger partial charge is 0.223 e. The number of hydrogen-bond acceptors (Lipinski definition) is 4. The molecule has 27 heavy (non-hydrogen) atoms. The van der Waals surface area contributed by atoms with E-state index in [1.54, 1.807) is 11.3 Å². The zero-order chi connectivity index (χ0) is 18.7. The average Bonchev–Trinajstić information content (AvgIpc) is 3.21. The zero-order valence-corrected chi connectivity index (χ0v) is 16.8. The molecular weight excluding hydrogens is 354 g/mol. The van der Waals surface area contributed by atoms with Crippen LogP contribution < -0.4 is 0 Å². The van der Waals surface area contributed by atoms with Crippen molar-refractivity contribution >= 4 is 23.3 Å². The molecule has 0 saturated carbocycles. The normalized spacial score (nSPS) is 20.2. The summed E-state index contributed by atoms with van der Waals surface area (Å²) in [6.07, 6.45) is 7.17. The van der Waals surface area contributed by atoms with Crippen LogP contribution in [0.5, 0.6) is 0 Å². The van der Waals surface area contributed by atoms with Crippen LogP contribution in [0.2, 0.25) is 0 Å². The van der Waals surface area contributed by atoms with Gasteiger partial charge in [-0.05, 0) is 43.8 Å². The van der Waals surface area contributed by atoms with Crippen LogP contribution in [0.3, 0.4) is 0 Å². The van der Waals surface area contributed by atoms with Gasteiger partial charge in [-0.2, -0.15) is 0 Å². The maximum atomic E-state index is 12.5. The number of aryl methyl sites for hydroxylation is 1. The average molecular weight is 382 g/mol. The van der Waals surface area contributed by atoms with E-state index >= 15 is 0 Å². The lowest BCUT2D eigenvalue weighted by molar-refractivity contribution is -0.127. The summed E-state index contributed by atoms with van der Waals surface area (Å²) in [6.45, 7) is 6.77. The van der Waals surface area contributed by atoms with Gasteiger partial charge in [0.1, 0.15) is 0 Å². The first-order valence-corrected chi connectivity index (χ1v) is 10.6. The molecule has 0 bridgehead atoms. The molecule has 0 radical (unpaired) electrons. The predicted molar refractivity (Wildman–Crippen MR) is 110 cm³/mol. The number of aromatic nitrogens is 1. The molecule has 1 aromatic heterocycles. The molecule has 2 saturated heterocycles. The summed E-state index contributed by atoms with van der Waals surface area (Å²) in [5, 5.41) is 3.30. The Hall–Kier alpha value is -1.98. The molecule has 142 valence electrons. The number of amides is 1. The van der Waals surface area contributed by atoms with Gasteiger partial charge < -0.3 is 4.90 Å². The first-order chi connectivity index (χ1) is 13.1. The Bertz CT molecular complexity index is 806. The van der Waals surface area contributed by atoms with Gasteiger partial charge in [0.05, 0.1) is 10.7 Å². The molecule has 4 rings (SSSR count). The molecule has 0 atom stereocenters. The van der Waals surface area contributed by atoms with Gasteiger partial charge in [0.15, 0.2) is 0 Å². The van der Waals surface area contributed by atoms with Gasteiger partial charge >= 0.3 is 0 Å². The topological polar surface area (TPSA) is 36.4 Å². The Morgan fingerprint density at radius 1 is 1.22 bits per heavy atom. The Morgan fingerprint density at radius 2 is 2.00 bits per heavy atom. The fourth-order valence-electron chi connectivity index (χ4n) is 4.26. The van der Waals surface area contributed by atoms with Gasteiger partial charge in [0, 0.05) is 31.4 Å². The third-order valence-corrected chi connectivity index (χ3v) is 6.63. The second-order valence-corrected chi connectivity index (χ2v) is 8.96. The van der Waals surface area contributed by atoms with Crippen molar-refractivity contribution in [3.05, 3.63) is 58.1 Å². The Labute approximate surface area is 165 Å². The fraction of sp³-hybridized carbons (Fsp3) is 0.455. The van der Waals surface area contributed by atoms with Gasteiger partial charge in [0.25, 0.3) is 0 Å². The van der Waals surface area contributed by atoms with E-state index in [1.165, 1.54) is 11.3 Å². The molecular formula is C22H27N3OS. The minimum absolute atomic E-state index is 0.187. The molecule has 2 aliphatic heterocycles. The van der Waals surface area contributed by atoms with Crippen LogP contribution in [-0.4, -0.2) is 46.9 Å². The highest BCUT2D eigenvalue weighted by Gasteiger charge is 2.44. The van der Waals surface area contributed by atoms with E-state index in [4.69, 9.17) is 0 Å². The molecule has 1 aromatic carbocycles. The Morgan fingerprint density at radius 3 is 2.70 bits per heavy atom. The molecule has 0 aliphatic carbocycles. The maximum Gasteiger partial charge on any atom is 0.223 e. The SMILES string of the molecule is Cc1nc(CN2CCC3(CC2)CC(=O)N(CC=Cc2ccccc2)C3)cs1. The molecule has 2 fully saturated rings. The van der Waals surface area contributed by atoms with Crippen molar-refractivity contribution in [2.75, 3.05) is 26.2 Å². The van der Waals surface area contributed by atoms with Crippen LogP contribution in [0.1, 0.15) is 35.5 Å². The van der Waals surface area contributed by atoms with Crippen molar-refractivity contribution in [3.8, 4) is 0 Å². The minimum Gasteiger partial charge on any atom is -0.338 e. The van der Waals surface area contributed by atoms with E-state index in [0.717, 1.165) is 57.0 Å². The second kappa shape index (κ2) is 7.95. The highest BCUT2D eigenvalue weighted by molar-refractivity contribution is 7.09. The second-order valence-electron chi connectivity index (χ2n) is 7.90. The summed E-state index contributed by atoms with van der Waals surface area (Å²) in [5.41, 5.74) is 2.56. The number of rotatable bonds is 5. The van der Waals surface area contributed by atoms with Crippen LogP contribution in [0, 0.1) is 12.3 Å². The van der Waals surface area contributed by atoms with Crippen molar-refractivity contribution in [1.29, 1.82) is 0 Å². The summed E-state index contributed by atoms with van der Waals surface area (Å²) >= 11 is 1.72. The number of carbonyl (C=O) groups is 1. The number of carbonyl (C=O) groups excluding carboxylic acids is 1. The summed E-state index contributed by atoms with van der Waals surface area (Å²) < 4.78 is 0. The van der Waals surface area contributed by atoms with Gasteiger partial charge in [-0.1, -0.05) is 42.5 Å². The first kappa shape index (κ1) is 18.4. The lowest BCUT2D eigenvalue weighted by atomic mass is 9.77. The molecule has 3 heterocycles. The van der Waals surface area contributed by atoms with Crippen molar-refractivity contribution in [2.24, 2.45) is 5.41 Å². The van der Waals surface area contributed by atoms with Crippen LogP contribution >= 0.6 is 11.3 Å². The minimum atomic E-state index is 0.187. The Kier molecular flexibility index (Phi) is 5.41. The quantitative estimate of drug-likeness (QED) is 0.786. The predicted octanol–water partition coefficient (Wildman–Crippen LogP) is 3.98. The van der Waals surface area contributed by atoms with Crippen LogP contribution in [-0.2, 0) is 11.3 Å². The summed E-state index contributed by atoms with van der Waals surface area (Å²) in [4.78, 5) is 21.6. The van der Waals surface area contributed by atoms with E-state index < -0.39 is 0 Å². The highest BCUT2D eigenvalue weighted by Crippen LogP contribution is 2.41.